The van der Waals surface area contributed by atoms with Crippen LogP contribution in [0.5, 0.6) is 0 Å². The third-order valence-electron chi connectivity index (χ3n) is 3.57. The summed E-state index contributed by atoms with van der Waals surface area (Å²) in [5, 5.41) is 2.04. The third-order valence-corrected chi connectivity index (χ3v) is 4.45. The van der Waals surface area contributed by atoms with Crippen LogP contribution < -0.4 is 0 Å². The molecule has 0 saturated carbocycles. The highest BCUT2D eigenvalue weighted by molar-refractivity contribution is 7.09. The highest BCUT2D eigenvalue weighted by Crippen LogP contribution is 2.33. The maximum Gasteiger partial charge on any atom is 0.316 e. The first-order valence-corrected chi connectivity index (χ1v) is 7.71. The predicted molar refractivity (Wildman–Crippen MR) is 83.2 cm³/mol. The van der Waals surface area contributed by atoms with Gasteiger partial charge in [-0.3, -0.25) is 4.79 Å². The Bertz CT molecular complexity index is 574. The normalized spacial score (nSPS) is 13.8. The van der Waals surface area contributed by atoms with E-state index in [1.807, 2.05) is 56.5 Å². The van der Waals surface area contributed by atoms with Gasteiger partial charge in [0.2, 0.25) is 0 Å². The van der Waals surface area contributed by atoms with Gasteiger partial charge in [0.1, 0.15) is 0 Å². The number of hydrogen-bond acceptors (Lipinski definition) is 3. The van der Waals surface area contributed by atoms with Gasteiger partial charge in [0.15, 0.2) is 0 Å². The van der Waals surface area contributed by atoms with E-state index >= 15 is 0 Å². The van der Waals surface area contributed by atoms with E-state index in [2.05, 4.69) is 6.07 Å². The van der Waals surface area contributed by atoms with Gasteiger partial charge in [-0.15, -0.1) is 11.3 Å². The van der Waals surface area contributed by atoms with E-state index in [-0.39, 0.29) is 5.97 Å². The summed E-state index contributed by atoms with van der Waals surface area (Å²) in [5.41, 5.74) is 1.54. The number of ether oxygens (including phenoxy) is 1. The Labute approximate surface area is 124 Å². The van der Waals surface area contributed by atoms with Crippen LogP contribution in [0.2, 0.25) is 0 Å². The van der Waals surface area contributed by atoms with Crippen molar-refractivity contribution in [1.82, 2.24) is 0 Å². The molecule has 0 amide bonds. The summed E-state index contributed by atoms with van der Waals surface area (Å²) in [4.78, 5) is 13.7. The molecule has 0 aliphatic carbocycles. The molecule has 0 bridgehead atoms. The SMILES string of the molecule is CCOC(=O)C(C)(Cc1cccs1)c1ccccc1C. The van der Waals surface area contributed by atoms with Crippen LogP contribution in [-0.4, -0.2) is 12.6 Å². The topological polar surface area (TPSA) is 26.3 Å². The van der Waals surface area contributed by atoms with Crippen molar-refractivity contribution in [3.05, 3.63) is 57.8 Å². The summed E-state index contributed by atoms with van der Waals surface area (Å²) in [6.45, 7) is 6.28. The molecule has 20 heavy (non-hydrogen) atoms. The molecular formula is C17H20O2S. The van der Waals surface area contributed by atoms with Gasteiger partial charge in [-0.25, -0.2) is 0 Å². The van der Waals surface area contributed by atoms with Crippen LogP contribution in [0.3, 0.4) is 0 Å². The maximum atomic E-state index is 12.5. The van der Waals surface area contributed by atoms with Crippen LogP contribution in [0.4, 0.5) is 0 Å². The number of carbonyl (C=O) groups excluding carboxylic acids is 1. The van der Waals surface area contributed by atoms with Gasteiger partial charge in [-0.1, -0.05) is 30.3 Å². The second kappa shape index (κ2) is 6.23. The fourth-order valence-electron chi connectivity index (χ4n) is 2.52. The Morgan fingerprint density at radius 3 is 2.60 bits per heavy atom. The molecule has 0 saturated heterocycles. The van der Waals surface area contributed by atoms with E-state index in [1.165, 1.54) is 4.88 Å². The molecule has 1 atom stereocenters. The molecule has 2 aromatic rings. The molecule has 0 fully saturated rings. The molecule has 3 heteroatoms. The summed E-state index contributed by atoms with van der Waals surface area (Å²) in [7, 11) is 0. The van der Waals surface area contributed by atoms with E-state index in [4.69, 9.17) is 4.74 Å². The lowest BCUT2D eigenvalue weighted by Crippen LogP contribution is -2.37. The first-order chi connectivity index (χ1) is 9.58. The Hall–Kier alpha value is -1.61. The lowest BCUT2D eigenvalue weighted by Gasteiger charge is -2.29. The zero-order chi connectivity index (χ0) is 14.6. The lowest BCUT2D eigenvalue weighted by molar-refractivity contribution is -0.149. The first kappa shape index (κ1) is 14.8. The average molecular weight is 288 g/mol. The monoisotopic (exact) mass is 288 g/mol. The Balaban J connectivity index is 2.43. The smallest absolute Gasteiger partial charge is 0.316 e. The lowest BCUT2D eigenvalue weighted by atomic mass is 9.77. The van der Waals surface area contributed by atoms with Gasteiger partial charge in [0.25, 0.3) is 0 Å². The van der Waals surface area contributed by atoms with Crippen molar-refractivity contribution < 1.29 is 9.53 Å². The van der Waals surface area contributed by atoms with Crippen LogP contribution >= 0.6 is 11.3 Å². The molecule has 0 aliphatic rings. The van der Waals surface area contributed by atoms with Gasteiger partial charge >= 0.3 is 5.97 Å². The number of rotatable bonds is 5. The average Bonchev–Trinajstić information content (AvgIpc) is 2.92. The van der Waals surface area contributed by atoms with Crippen LogP contribution in [0.15, 0.2) is 41.8 Å². The largest absolute Gasteiger partial charge is 0.465 e. The molecule has 2 nitrogen and oxygen atoms in total. The number of thiophene rings is 1. The van der Waals surface area contributed by atoms with E-state index in [1.54, 1.807) is 11.3 Å². The molecule has 1 heterocycles. The molecule has 106 valence electrons. The fourth-order valence-corrected chi connectivity index (χ4v) is 3.38. The number of benzene rings is 1. The quantitative estimate of drug-likeness (QED) is 0.774. The van der Waals surface area contributed by atoms with Gasteiger partial charge < -0.3 is 4.74 Å². The first-order valence-electron chi connectivity index (χ1n) is 6.83. The van der Waals surface area contributed by atoms with Crippen LogP contribution in [-0.2, 0) is 21.4 Å². The molecular weight excluding hydrogens is 268 g/mol. The van der Waals surface area contributed by atoms with Crippen LogP contribution in [0.1, 0.15) is 29.9 Å². The van der Waals surface area contributed by atoms with Crippen molar-refractivity contribution >= 4 is 17.3 Å². The maximum absolute atomic E-state index is 12.5. The van der Waals surface area contributed by atoms with Gasteiger partial charge in [-0.2, -0.15) is 0 Å². The summed E-state index contributed by atoms with van der Waals surface area (Å²) in [6.07, 6.45) is 0.675. The van der Waals surface area contributed by atoms with Crippen LogP contribution in [0, 0.1) is 6.92 Å². The minimum Gasteiger partial charge on any atom is -0.465 e. The Kier molecular flexibility index (Phi) is 4.61. The number of hydrogen-bond donors (Lipinski definition) is 0. The minimum absolute atomic E-state index is 0.150. The standard InChI is InChI=1S/C17H20O2S/c1-4-19-16(18)17(3,12-14-9-7-11-20-14)15-10-6-5-8-13(15)2/h5-11H,4,12H2,1-3H3. The summed E-state index contributed by atoms with van der Waals surface area (Å²) >= 11 is 1.68. The van der Waals surface area contributed by atoms with Crippen molar-refractivity contribution in [1.29, 1.82) is 0 Å². The van der Waals surface area contributed by atoms with Crippen molar-refractivity contribution in [2.45, 2.75) is 32.6 Å². The van der Waals surface area contributed by atoms with Crippen molar-refractivity contribution in [3.63, 3.8) is 0 Å². The fraction of sp³-hybridized carbons (Fsp3) is 0.353. The predicted octanol–water partition coefficient (Wildman–Crippen LogP) is 4.12. The summed E-state index contributed by atoms with van der Waals surface area (Å²) in [6, 6.07) is 12.1. The Morgan fingerprint density at radius 1 is 1.25 bits per heavy atom. The van der Waals surface area contributed by atoms with Gasteiger partial charge in [0.05, 0.1) is 12.0 Å². The molecule has 0 aliphatic heterocycles. The summed E-state index contributed by atoms with van der Waals surface area (Å²) < 4.78 is 5.33. The van der Waals surface area contributed by atoms with Crippen LogP contribution in [0.25, 0.3) is 0 Å². The molecule has 1 aromatic heterocycles. The zero-order valence-corrected chi connectivity index (χ0v) is 13.0. The van der Waals surface area contributed by atoms with E-state index in [0.717, 1.165) is 11.1 Å². The third kappa shape index (κ3) is 2.93. The molecule has 1 aromatic carbocycles. The van der Waals surface area contributed by atoms with E-state index < -0.39 is 5.41 Å². The van der Waals surface area contributed by atoms with Crippen molar-refractivity contribution in [2.24, 2.45) is 0 Å². The Morgan fingerprint density at radius 2 is 2.00 bits per heavy atom. The number of carbonyl (C=O) groups is 1. The molecule has 1 unspecified atom stereocenters. The molecule has 0 radical (unpaired) electrons. The van der Waals surface area contributed by atoms with Gasteiger partial charge in [-0.05, 0) is 43.3 Å². The van der Waals surface area contributed by atoms with Crippen molar-refractivity contribution in [3.8, 4) is 0 Å². The number of esters is 1. The van der Waals surface area contributed by atoms with E-state index in [9.17, 15) is 4.79 Å². The molecule has 0 spiro atoms. The zero-order valence-electron chi connectivity index (χ0n) is 12.2. The van der Waals surface area contributed by atoms with Crippen molar-refractivity contribution in [2.75, 3.05) is 6.61 Å². The summed E-state index contributed by atoms with van der Waals surface area (Å²) in [5.74, 6) is -0.150. The minimum atomic E-state index is -0.633. The molecule has 2 rings (SSSR count). The molecule has 0 N–H and O–H groups in total. The second-order valence-corrected chi connectivity index (χ2v) is 6.16. The van der Waals surface area contributed by atoms with Gasteiger partial charge in [0, 0.05) is 11.3 Å². The number of aryl methyl sites for hydroxylation is 1. The van der Waals surface area contributed by atoms with E-state index in [0.29, 0.717) is 13.0 Å². The highest BCUT2D eigenvalue weighted by atomic mass is 32.1. The highest BCUT2D eigenvalue weighted by Gasteiger charge is 2.38. The second-order valence-electron chi connectivity index (χ2n) is 5.12.